The van der Waals surface area contributed by atoms with Gasteiger partial charge in [-0.2, -0.15) is 5.10 Å². The molecular weight excluding hydrogens is 424 g/mol. The van der Waals surface area contributed by atoms with Crippen molar-refractivity contribution in [3.63, 3.8) is 0 Å². The first kappa shape index (κ1) is 22.3. The van der Waals surface area contributed by atoms with Crippen LogP contribution in [0.2, 0.25) is 0 Å². The Hall–Kier alpha value is -3.34. The van der Waals surface area contributed by atoms with E-state index < -0.39 is 11.6 Å². The number of hydrazone groups is 1. The summed E-state index contributed by atoms with van der Waals surface area (Å²) < 4.78 is 18.9. The summed E-state index contributed by atoms with van der Waals surface area (Å²) in [6.07, 6.45) is 0.192. The van der Waals surface area contributed by atoms with Crippen molar-refractivity contribution in [3.05, 3.63) is 38.4 Å². The Bertz CT molecular complexity index is 1170. The van der Waals surface area contributed by atoms with E-state index in [0.717, 1.165) is 0 Å². The van der Waals surface area contributed by atoms with Gasteiger partial charge in [0.15, 0.2) is 16.3 Å². The molecular formula is C20H24N4O6S. The number of nitrogens with zero attached hydrogens (tertiary/aromatic N) is 4. The van der Waals surface area contributed by atoms with E-state index in [2.05, 4.69) is 5.10 Å². The molecule has 31 heavy (non-hydrogen) atoms. The fourth-order valence-corrected chi connectivity index (χ4v) is 3.76. The first-order chi connectivity index (χ1) is 14.7. The molecule has 166 valence electrons. The average Bonchev–Trinajstić information content (AvgIpc) is 3.20. The molecule has 1 aromatic carbocycles. The maximum atomic E-state index is 12.8. The summed E-state index contributed by atoms with van der Waals surface area (Å²) in [4.78, 5) is 25.2. The van der Waals surface area contributed by atoms with Crippen LogP contribution in [0.5, 0.6) is 23.1 Å². The molecule has 10 nitrogen and oxygen atoms in total. The van der Waals surface area contributed by atoms with Crippen molar-refractivity contribution in [2.75, 3.05) is 21.3 Å². The average molecular weight is 449 g/mol. The van der Waals surface area contributed by atoms with Gasteiger partial charge in [-0.05, 0) is 29.9 Å². The fourth-order valence-electron chi connectivity index (χ4n) is 3.59. The van der Waals surface area contributed by atoms with E-state index in [4.69, 9.17) is 26.4 Å². The van der Waals surface area contributed by atoms with Gasteiger partial charge >= 0.3 is 0 Å². The number of hydrogen-bond acceptors (Lipinski definition) is 8. The second kappa shape index (κ2) is 8.42. The van der Waals surface area contributed by atoms with Crippen molar-refractivity contribution >= 4 is 23.8 Å². The molecule has 1 N–H and O–H groups in total. The monoisotopic (exact) mass is 448 g/mol. The van der Waals surface area contributed by atoms with E-state index in [0.29, 0.717) is 22.8 Å². The molecule has 0 saturated heterocycles. The molecule has 1 atom stereocenters. The summed E-state index contributed by atoms with van der Waals surface area (Å²) in [5, 5.41) is 16.2. The Balaban J connectivity index is 2.16. The lowest BCUT2D eigenvalue weighted by atomic mass is 9.98. The number of amides is 1. The quantitative estimate of drug-likeness (QED) is 0.696. The normalized spacial score (nSPS) is 15.6. The van der Waals surface area contributed by atoms with Crippen LogP contribution in [-0.4, -0.2) is 52.2 Å². The molecule has 11 heteroatoms. The predicted octanol–water partition coefficient (Wildman–Crippen LogP) is 1.88. The largest absolute Gasteiger partial charge is 0.494 e. The second-order valence-electron chi connectivity index (χ2n) is 6.99. The third-order valence-electron chi connectivity index (χ3n) is 5.23. The van der Waals surface area contributed by atoms with Crippen LogP contribution < -0.4 is 19.8 Å². The Kier molecular flexibility index (Phi) is 6.07. The minimum atomic E-state index is -0.543. The molecule has 1 amide bonds. The van der Waals surface area contributed by atoms with Gasteiger partial charge < -0.3 is 19.3 Å². The van der Waals surface area contributed by atoms with Crippen molar-refractivity contribution < 1.29 is 24.1 Å². The van der Waals surface area contributed by atoms with Gasteiger partial charge in [-0.3, -0.25) is 18.7 Å². The Morgan fingerprint density at radius 1 is 1.13 bits per heavy atom. The van der Waals surface area contributed by atoms with E-state index in [1.165, 1.54) is 49.4 Å². The zero-order chi connectivity index (χ0) is 23.0. The van der Waals surface area contributed by atoms with Gasteiger partial charge in [0.25, 0.3) is 5.56 Å². The Labute approximate surface area is 183 Å². The number of hydrogen-bond donors (Lipinski definition) is 1. The number of aromatic hydroxyl groups is 1. The Morgan fingerprint density at radius 2 is 1.71 bits per heavy atom. The van der Waals surface area contributed by atoms with Crippen molar-refractivity contribution in [2.24, 2.45) is 19.2 Å². The predicted molar refractivity (Wildman–Crippen MR) is 116 cm³/mol. The van der Waals surface area contributed by atoms with E-state index >= 15 is 0 Å². The maximum Gasteiger partial charge on any atom is 0.267 e. The lowest BCUT2D eigenvalue weighted by molar-refractivity contribution is -0.130. The molecule has 0 fully saturated rings. The van der Waals surface area contributed by atoms with Crippen molar-refractivity contribution in [2.45, 2.75) is 19.4 Å². The van der Waals surface area contributed by atoms with Crippen LogP contribution in [0, 0.1) is 4.77 Å². The van der Waals surface area contributed by atoms with Gasteiger partial charge in [-0.25, -0.2) is 5.01 Å². The number of aromatic nitrogens is 2. The van der Waals surface area contributed by atoms with Crippen LogP contribution in [0.1, 0.15) is 30.5 Å². The van der Waals surface area contributed by atoms with Crippen LogP contribution in [0.25, 0.3) is 0 Å². The summed E-state index contributed by atoms with van der Waals surface area (Å²) in [7, 11) is 7.56. The first-order valence-electron chi connectivity index (χ1n) is 9.32. The van der Waals surface area contributed by atoms with Crippen LogP contribution in [0.15, 0.2) is 22.0 Å². The molecule has 1 aliphatic heterocycles. The summed E-state index contributed by atoms with van der Waals surface area (Å²) >= 11 is 5.17. The van der Waals surface area contributed by atoms with Gasteiger partial charge in [0.2, 0.25) is 17.5 Å². The highest BCUT2D eigenvalue weighted by molar-refractivity contribution is 7.71. The third kappa shape index (κ3) is 3.65. The standard InChI is InChI=1S/C20H24N4O6S/c1-10(25)24-13(11-7-14(28-4)17(30-6)15(8-11)29-5)9-12(21-24)16-18(26)22(2)20(31)23(3)19(16)27/h7-8,13,26H,9H2,1-6H3/t13-/m0/s1. The number of carbonyl (C=O) groups excluding carboxylic acids is 1. The summed E-state index contributed by atoms with van der Waals surface area (Å²) in [5.74, 6) is 0.640. The van der Waals surface area contributed by atoms with Gasteiger partial charge in [0, 0.05) is 27.4 Å². The topological polar surface area (TPSA) is 108 Å². The third-order valence-corrected chi connectivity index (χ3v) is 5.77. The molecule has 1 aliphatic rings. The minimum Gasteiger partial charge on any atom is -0.494 e. The number of ether oxygens (including phenoxy) is 3. The van der Waals surface area contributed by atoms with E-state index in [1.54, 1.807) is 19.2 Å². The number of benzene rings is 1. The first-order valence-corrected chi connectivity index (χ1v) is 9.73. The Morgan fingerprint density at radius 3 is 2.19 bits per heavy atom. The van der Waals surface area contributed by atoms with E-state index in [9.17, 15) is 14.7 Å². The van der Waals surface area contributed by atoms with Gasteiger partial charge in [-0.1, -0.05) is 0 Å². The van der Waals surface area contributed by atoms with E-state index in [1.807, 2.05) is 0 Å². The molecule has 0 saturated carbocycles. The molecule has 3 rings (SSSR count). The van der Waals surface area contributed by atoms with Crippen LogP contribution in [0.3, 0.4) is 0 Å². The molecule has 0 spiro atoms. The van der Waals surface area contributed by atoms with Gasteiger partial charge in [0.1, 0.15) is 5.56 Å². The molecule has 0 bridgehead atoms. The van der Waals surface area contributed by atoms with Crippen molar-refractivity contribution in [1.82, 2.24) is 14.1 Å². The number of methoxy groups -OCH3 is 3. The minimum absolute atomic E-state index is 0.000193. The summed E-state index contributed by atoms with van der Waals surface area (Å²) in [6, 6.07) is 2.91. The van der Waals surface area contributed by atoms with Crippen molar-refractivity contribution in [3.8, 4) is 23.1 Å². The molecule has 2 heterocycles. The maximum absolute atomic E-state index is 12.8. The summed E-state index contributed by atoms with van der Waals surface area (Å²) in [5.41, 5.74) is 0.454. The lowest BCUT2D eigenvalue weighted by Crippen LogP contribution is -2.28. The zero-order valence-electron chi connectivity index (χ0n) is 18.1. The van der Waals surface area contributed by atoms with Crippen LogP contribution in [-0.2, 0) is 18.9 Å². The summed E-state index contributed by atoms with van der Waals surface area (Å²) in [6.45, 7) is 1.38. The SMILES string of the molecule is COc1cc([C@@H]2CC(c3c(O)n(C)c(=S)n(C)c3=O)=NN2C(C)=O)cc(OC)c1OC. The molecule has 0 unspecified atom stereocenters. The fraction of sp³-hybridized carbons (Fsp3) is 0.400. The van der Waals surface area contributed by atoms with E-state index in [-0.39, 0.29) is 34.3 Å². The second-order valence-corrected chi connectivity index (χ2v) is 7.36. The van der Waals surface area contributed by atoms with Crippen LogP contribution in [0.4, 0.5) is 0 Å². The highest BCUT2D eigenvalue weighted by Crippen LogP contribution is 2.43. The van der Waals surface area contributed by atoms with Crippen molar-refractivity contribution in [1.29, 1.82) is 0 Å². The molecule has 0 radical (unpaired) electrons. The highest BCUT2D eigenvalue weighted by Gasteiger charge is 2.35. The molecule has 2 aromatic rings. The van der Waals surface area contributed by atoms with Gasteiger partial charge in [0.05, 0.1) is 33.1 Å². The number of rotatable bonds is 5. The molecule has 1 aromatic heterocycles. The lowest BCUT2D eigenvalue weighted by Gasteiger charge is -2.22. The molecule has 0 aliphatic carbocycles. The zero-order valence-corrected chi connectivity index (χ0v) is 18.9. The highest BCUT2D eigenvalue weighted by atomic mass is 32.1. The van der Waals surface area contributed by atoms with Gasteiger partial charge in [-0.15, -0.1) is 0 Å². The van der Waals surface area contributed by atoms with Crippen LogP contribution >= 0.6 is 12.2 Å². The smallest absolute Gasteiger partial charge is 0.267 e. The number of carbonyl (C=O) groups is 1.